The van der Waals surface area contributed by atoms with Gasteiger partial charge in [-0.15, -0.1) is 11.3 Å². The Hall–Kier alpha value is -1.55. The standard InChI is InChI=1S/C12H14N2OS/c1-2-15-11-5-3-4-10(8-11)14-9-12-13-6-7-16-12/h3-8,14H,2,9H2,1H3. The van der Waals surface area contributed by atoms with Gasteiger partial charge in [0.05, 0.1) is 13.2 Å². The van der Waals surface area contributed by atoms with Crippen LogP contribution >= 0.6 is 11.3 Å². The highest BCUT2D eigenvalue weighted by Crippen LogP contribution is 2.18. The van der Waals surface area contributed by atoms with E-state index < -0.39 is 0 Å². The summed E-state index contributed by atoms with van der Waals surface area (Å²) < 4.78 is 5.43. The summed E-state index contributed by atoms with van der Waals surface area (Å²) >= 11 is 1.65. The fourth-order valence-corrected chi connectivity index (χ4v) is 1.94. The van der Waals surface area contributed by atoms with Crippen LogP contribution < -0.4 is 10.1 Å². The number of nitrogens with zero attached hydrogens (tertiary/aromatic N) is 1. The molecule has 0 saturated heterocycles. The molecule has 0 atom stereocenters. The second-order valence-electron chi connectivity index (χ2n) is 3.24. The molecule has 84 valence electrons. The largest absolute Gasteiger partial charge is 0.494 e. The fourth-order valence-electron chi connectivity index (χ4n) is 1.38. The number of hydrogen-bond donors (Lipinski definition) is 1. The van der Waals surface area contributed by atoms with E-state index in [1.807, 2.05) is 42.8 Å². The van der Waals surface area contributed by atoms with E-state index in [0.717, 1.165) is 23.0 Å². The van der Waals surface area contributed by atoms with Crippen molar-refractivity contribution in [2.24, 2.45) is 0 Å². The van der Waals surface area contributed by atoms with Gasteiger partial charge in [-0.25, -0.2) is 4.98 Å². The van der Waals surface area contributed by atoms with Gasteiger partial charge in [-0.1, -0.05) is 6.07 Å². The third-order valence-electron chi connectivity index (χ3n) is 2.07. The van der Waals surface area contributed by atoms with Crippen LogP contribution in [-0.4, -0.2) is 11.6 Å². The summed E-state index contributed by atoms with van der Waals surface area (Å²) in [6, 6.07) is 7.96. The minimum Gasteiger partial charge on any atom is -0.494 e. The third-order valence-corrected chi connectivity index (χ3v) is 2.85. The van der Waals surface area contributed by atoms with Gasteiger partial charge in [0.2, 0.25) is 0 Å². The molecule has 0 radical (unpaired) electrons. The van der Waals surface area contributed by atoms with Gasteiger partial charge in [0.15, 0.2) is 0 Å². The van der Waals surface area contributed by atoms with Crippen LogP contribution in [0.5, 0.6) is 5.75 Å². The third kappa shape index (κ3) is 2.97. The lowest BCUT2D eigenvalue weighted by Crippen LogP contribution is -1.99. The van der Waals surface area contributed by atoms with Crippen molar-refractivity contribution >= 4 is 17.0 Å². The van der Waals surface area contributed by atoms with E-state index in [4.69, 9.17) is 4.74 Å². The second kappa shape index (κ2) is 5.51. The van der Waals surface area contributed by atoms with Gasteiger partial charge in [0, 0.05) is 23.3 Å². The molecular formula is C12H14N2OS. The molecule has 0 unspecified atom stereocenters. The van der Waals surface area contributed by atoms with Crippen molar-refractivity contribution in [2.45, 2.75) is 13.5 Å². The van der Waals surface area contributed by atoms with Gasteiger partial charge in [0.1, 0.15) is 10.8 Å². The molecule has 2 rings (SSSR count). The highest BCUT2D eigenvalue weighted by Gasteiger charge is 1.97. The zero-order chi connectivity index (χ0) is 11.2. The monoisotopic (exact) mass is 234 g/mol. The van der Waals surface area contributed by atoms with Crippen molar-refractivity contribution in [3.63, 3.8) is 0 Å². The number of ether oxygens (including phenoxy) is 1. The Labute approximate surface area is 99.1 Å². The molecule has 0 aliphatic heterocycles. The number of benzene rings is 1. The number of anilines is 1. The summed E-state index contributed by atoms with van der Waals surface area (Å²) in [6.45, 7) is 3.43. The minimum atomic E-state index is 0.690. The van der Waals surface area contributed by atoms with E-state index in [2.05, 4.69) is 10.3 Å². The summed E-state index contributed by atoms with van der Waals surface area (Å²) in [5, 5.41) is 6.38. The van der Waals surface area contributed by atoms with Gasteiger partial charge < -0.3 is 10.1 Å². The normalized spacial score (nSPS) is 10.1. The van der Waals surface area contributed by atoms with E-state index in [9.17, 15) is 0 Å². The van der Waals surface area contributed by atoms with E-state index >= 15 is 0 Å². The predicted octanol–water partition coefficient (Wildman–Crippen LogP) is 3.15. The first-order chi connectivity index (χ1) is 7.88. The number of nitrogens with one attached hydrogen (secondary N) is 1. The summed E-state index contributed by atoms with van der Waals surface area (Å²) in [5.41, 5.74) is 1.06. The molecule has 0 fully saturated rings. The van der Waals surface area contributed by atoms with Crippen molar-refractivity contribution < 1.29 is 4.74 Å². The number of aromatic nitrogens is 1. The van der Waals surface area contributed by atoms with Crippen molar-refractivity contribution in [1.29, 1.82) is 0 Å². The SMILES string of the molecule is CCOc1cccc(NCc2nccs2)c1. The molecule has 0 aliphatic carbocycles. The Balaban J connectivity index is 1.96. The Bertz CT molecular complexity index is 428. The zero-order valence-corrected chi connectivity index (χ0v) is 9.96. The van der Waals surface area contributed by atoms with Crippen LogP contribution in [0.3, 0.4) is 0 Å². The molecule has 16 heavy (non-hydrogen) atoms. The molecule has 0 saturated carbocycles. The summed E-state index contributed by atoms with van der Waals surface area (Å²) in [4.78, 5) is 4.21. The van der Waals surface area contributed by atoms with Crippen LogP contribution in [0.4, 0.5) is 5.69 Å². The van der Waals surface area contributed by atoms with Crippen molar-refractivity contribution in [3.8, 4) is 5.75 Å². The lowest BCUT2D eigenvalue weighted by Gasteiger charge is -2.07. The Morgan fingerprint density at radius 3 is 3.12 bits per heavy atom. The molecule has 1 N–H and O–H groups in total. The van der Waals surface area contributed by atoms with Crippen LogP contribution in [0, 0.1) is 0 Å². The molecule has 4 heteroatoms. The highest BCUT2D eigenvalue weighted by molar-refractivity contribution is 7.09. The highest BCUT2D eigenvalue weighted by atomic mass is 32.1. The van der Waals surface area contributed by atoms with Gasteiger partial charge in [0.25, 0.3) is 0 Å². The van der Waals surface area contributed by atoms with Gasteiger partial charge in [-0.2, -0.15) is 0 Å². The Morgan fingerprint density at radius 2 is 2.38 bits per heavy atom. The van der Waals surface area contributed by atoms with Gasteiger partial charge in [-0.05, 0) is 19.1 Å². The van der Waals surface area contributed by atoms with Crippen LogP contribution in [0.1, 0.15) is 11.9 Å². The molecule has 0 bridgehead atoms. The maximum absolute atomic E-state index is 5.43. The van der Waals surface area contributed by atoms with E-state index in [0.29, 0.717) is 6.61 Å². The first-order valence-electron chi connectivity index (χ1n) is 5.23. The molecule has 1 aromatic heterocycles. The zero-order valence-electron chi connectivity index (χ0n) is 9.14. The lowest BCUT2D eigenvalue weighted by atomic mass is 10.3. The number of thiazole rings is 1. The van der Waals surface area contributed by atoms with Crippen molar-refractivity contribution in [3.05, 3.63) is 40.8 Å². The summed E-state index contributed by atoms with van der Waals surface area (Å²) in [5.74, 6) is 0.895. The molecule has 1 aromatic carbocycles. The van der Waals surface area contributed by atoms with E-state index in [1.54, 1.807) is 11.3 Å². The molecule has 0 aliphatic rings. The van der Waals surface area contributed by atoms with Crippen LogP contribution in [-0.2, 0) is 6.54 Å². The maximum atomic E-state index is 5.43. The van der Waals surface area contributed by atoms with Crippen molar-refractivity contribution in [1.82, 2.24) is 4.98 Å². The lowest BCUT2D eigenvalue weighted by molar-refractivity contribution is 0.340. The maximum Gasteiger partial charge on any atom is 0.121 e. The second-order valence-corrected chi connectivity index (χ2v) is 4.22. The average Bonchev–Trinajstić information content (AvgIpc) is 2.80. The molecule has 1 heterocycles. The molecule has 0 amide bonds. The van der Waals surface area contributed by atoms with E-state index in [1.165, 1.54) is 0 Å². The van der Waals surface area contributed by atoms with Crippen LogP contribution in [0.15, 0.2) is 35.8 Å². The van der Waals surface area contributed by atoms with E-state index in [-0.39, 0.29) is 0 Å². The molecular weight excluding hydrogens is 220 g/mol. The van der Waals surface area contributed by atoms with Crippen LogP contribution in [0.25, 0.3) is 0 Å². The average molecular weight is 234 g/mol. The van der Waals surface area contributed by atoms with Crippen molar-refractivity contribution in [2.75, 3.05) is 11.9 Å². The number of hydrogen-bond acceptors (Lipinski definition) is 4. The van der Waals surface area contributed by atoms with Crippen LogP contribution in [0.2, 0.25) is 0 Å². The number of rotatable bonds is 5. The Morgan fingerprint density at radius 1 is 1.44 bits per heavy atom. The van der Waals surface area contributed by atoms with Gasteiger partial charge in [-0.3, -0.25) is 0 Å². The molecule has 0 spiro atoms. The summed E-state index contributed by atoms with van der Waals surface area (Å²) in [6.07, 6.45) is 1.82. The quantitative estimate of drug-likeness (QED) is 0.863. The molecule has 2 aromatic rings. The smallest absolute Gasteiger partial charge is 0.121 e. The first-order valence-corrected chi connectivity index (χ1v) is 6.11. The topological polar surface area (TPSA) is 34.1 Å². The Kier molecular flexibility index (Phi) is 3.77. The predicted molar refractivity (Wildman–Crippen MR) is 67.1 cm³/mol. The summed E-state index contributed by atoms with van der Waals surface area (Å²) in [7, 11) is 0. The fraction of sp³-hybridized carbons (Fsp3) is 0.250. The minimum absolute atomic E-state index is 0.690. The first kappa shape index (κ1) is 11.0. The van der Waals surface area contributed by atoms with Gasteiger partial charge >= 0.3 is 0 Å². The molecule has 3 nitrogen and oxygen atoms in total.